The molecule has 3 heteroatoms. The molecule has 0 atom stereocenters. The van der Waals surface area contributed by atoms with Gasteiger partial charge in [0.05, 0.1) is 13.0 Å². The molecule has 0 saturated heterocycles. The van der Waals surface area contributed by atoms with Crippen molar-refractivity contribution in [3.8, 4) is 0 Å². The highest BCUT2D eigenvalue weighted by molar-refractivity contribution is 5.97. The van der Waals surface area contributed by atoms with Gasteiger partial charge in [0.25, 0.3) is 0 Å². The van der Waals surface area contributed by atoms with Crippen LogP contribution >= 0.6 is 0 Å². The Labute approximate surface area is 92.9 Å². The van der Waals surface area contributed by atoms with Crippen molar-refractivity contribution in [2.75, 3.05) is 13.2 Å². The third-order valence-corrected chi connectivity index (χ3v) is 2.10. The predicted molar refractivity (Wildman–Crippen MR) is 63.4 cm³/mol. The SMILES string of the molecule is CCCCCC/N=C(/C)CC(=O)OCC. The zero-order chi connectivity index (χ0) is 11.5. The van der Waals surface area contributed by atoms with Crippen molar-refractivity contribution in [2.24, 2.45) is 4.99 Å². The van der Waals surface area contributed by atoms with Gasteiger partial charge in [-0.1, -0.05) is 26.2 Å². The maximum absolute atomic E-state index is 11.1. The molecule has 0 aliphatic rings. The van der Waals surface area contributed by atoms with E-state index in [1.54, 1.807) is 0 Å². The Morgan fingerprint density at radius 3 is 2.53 bits per heavy atom. The minimum atomic E-state index is -0.174. The van der Waals surface area contributed by atoms with Crippen LogP contribution in [0.2, 0.25) is 0 Å². The van der Waals surface area contributed by atoms with E-state index in [4.69, 9.17) is 4.74 Å². The Morgan fingerprint density at radius 2 is 1.93 bits per heavy atom. The number of aliphatic imine (C=N–C) groups is 1. The molecule has 0 spiro atoms. The summed E-state index contributed by atoms with van der Waals surface area (Å²) in [4.78, 5) is 15.4. The summed E-state index contributed by atoms with van der Waals surface area (Å²) in [5, 5.41) is 0. The first-order valence-corrected chi connectivity index (χ1v) is 5.86. The highest BCUT2D eigenvalue weighted by Crippen LogP contribution is 1.99. The largest absolute Gasteiger partial charge is 0.466 e. The van der Waals surface area contributed by atoms with E-state index in [0.29, 0.717) is 13.0 Å². The average Bonchev–Trinajstić information content (AvgIpc) is 2.17. The number of nitrogens with zero attached hydrogens (tertiary/aromatic N) is 1. The van der Waals surface area contributed by atoms with Crippen molar-refractivity contribution in [2.45, 2.75) is 52.9 Å². The Hall–Kier alpha value is -0.860. The van der Waals surface area contributed by atoms with Gasteiger partial charge in [0.1, 0.15) is 0 Å². The number of ether oxygens (including phenoxy) is 1. The lowest BCUT2D eigenvalue weighted by Gasteiger charge is -2.01. The van der Waals surface area contributed by atoms with E-state index in [2.05, 4.69) is 11.9 Å². The van der Waals surface area contributed by atoms with Gasteiger partial charge in [0.2, 0.25) is 0 Å². The fourth-order valence-electron chi connectivity index (χ4n) is 1.29. The molecule has 0 N–H and O–H groups in total. The van der Waals surface area contributed by atoms with Crippen LogP contribution in [0.5, 0.6) is 0 Å². The van der Waals surface area contributed by atoms with Gasteiger partial charge < -0.3 is 4.74 Å². The molecule has 0 bridgehead atoms. The van der Waals surface area contributed by atoms with E-state index in [1.165, 1.54) is 19.3 Å². The second-order valence-corrected chi connectivity index (χ2v) is 3.66. The Bertz CT molecular complexity index is 200. The predicted octanol–water partition coefficient (Wildman–Crippen LogP) is 2.98. The summed E-state index contributed by atoms with van der Waals surface area (Å²) in [6.45, 7) is 7.18. The summed E-state index contributed by atoms with van der Waals surface area (Å²) in [7, 11) is 0. The third kappa shape index (κ3) is 9.44. The fourth-order valence-corrected chi connectivity index (χ4v) is 1.29. The quantitative estimate of drug-likeness (QED) is 0.353. The van der Waals surface area contributed by atoms with Gasteiger partial charge in [0.15, 0.2) is 0 Å². The third-order valence-electron chi connectivity index (χ3n) is 2.10. The minimum absolute atomic E-state index is 0.174. The van der Waals surface area contributed by atoms with Gasteiger partial charge in [0, 0.05) is 12.3 Å². The molecule has 0 rings (SSSR count). The van der Waals surface area contributed by atoms with E-state index < -0.39 is 0 Å². The van der Waals surface area contributed by atoms with Crippen molar-refractivity contribution < 1.29 is 9.53 Å². The van der Waals surface area contributed by atoms with E-state index in [9.17, 15) is 4.79 Å². The van der Waals surface area contributed by atoms with E-state index in [-0.39, 0.29) is 5.97 Å². The van der Waals surface area contributed by atoms with Crippen LogP contribution in [0, 0.1) is 0 Å². The molecule has 0 aliphatic carbocycles. The van der Waals surface area contributed by atoms with Crippen LogP contribution in [0.1, 0.15) is 52.9 Å². The first-order chi connectivity index (χ1) is 7.20. The summed E-state index contributed by atoms with van der Waals surface area (Å²) < 4.78 is 4.84. The van der Waals surface area contributed by atoms with Gasteiger partial charge in [-0.15, -0.1) is 0 Å². The summed E-state index contributed by atoms with van der Waals surface area (Å²) in [6.07, 6.45) is 5.19. The molecule has 0 aliphatic heterocycles. The number of rotatable bonds is 8. The molecule has 0 amide bonds. The smallest absolute Gasteiger partial charge is 0.311 e. The highest BCUT2D eigenvalue weighted by Gasteiger charge is 2.02. The summed E-state index contributed by atoms with van der Waals surface area (Å²) in [5.74, 6) is -0.174. The average molecular weight is 213 g/mol. The Morgan fingerprint density at radius 1 is 1.20 bits per heavy atom. The lowest BCUT2D eigenvalue weighted by atomic mass is 10.2. The lowest BCUT2D eigenvalue weighted by molar-refractivity contribution is -0.141. The fraction of sp³-hybridized carbons (Fsp3) is 0.833. The number of hydrogen-bond acceptors (Lipinski definition) is 3. The topological polar surface area (TPSA) is 38.7 Å². The van der Waals surface area contributed by atoms with E-state index in [0.717, 1.165) is 18.7 Å². The maximum atomic E-state index is 11.1. The zero-order valence-corrected chi connectivity index (χ0v) is 10.2. The number of hydrogen-bond donors (Lipinski definition) is 0. The van der Waals surface area contributed by atoms with Gasteiger partial charge >= 0.3 is 5.97 Å². The molecule has 88 valence electrons. The first-order valence-electron chi connectivity index (χ1n) is 5.86. The number of carbonyl (C=O) groups excluding carboxylic acids is 1. The monoisotopic (exact) mass is 213 g/mol. The molecule has 0 radical (unpaired) electrons. The summed E-state index contributed by atoms with van der Waals surface area (Å²) in [6, 6.07) is 0. The van der Waals surface area contributed by atoms with Crippen molar-refractivity contribution in [3.05, 3.63) is 0 Å². The van der Waals surface area contributed by atoms with Crippen LogP contribution in [-0.4, -0.2) is 24.8 Å². The number of unbranched alkanes of at least 4 members (excludes halogenated alkanes) is 3. The second kappa shape index (κ2) is 9.69. The number of esters is 1. The molecule has 0 fully saturated rings. The van der Waals surface area contributed by atoms with Crippen LogP contribution < -0.4 is 0 Å². The molecule has 0 saturated carbocycles. The maximum Gasteiger partial charge on any atom is 0.311 e. The van der Waals surface area contributed by atoms with E-state index in [1.807, 2.05) is 13.8 Å². The molecule has 0 aromatic carbocycles. The lowest BCUT2D eigenvalue weighted by Crippen LogP contribution is -2.09. The molecular weight excluding hydrogens is 190 g/mol. The molecule has 0 unspecified atom stereocenters. The normalized spacial score (nSPS) is 11.5. The van der Waals surface area contributed by atoms with Gasteiger partial charge in [-0.25, -0.2) is 0 Å². The van der Waals surface area contributed by atoms with Crippen LogP contribution in [0.3, 0.4) is 0 Å². The molecule has 0 heterocycles. The molecule has 15 heavy (non-hydrogen) atoms. The molecule has 3 nitrogen and oxygen atoms in total. The zero-order valence-electron chi connectivity index (χ0n) is 10.2. The Kier molecular flexibility index (Phi) is 9.13. The van der Waals surface area contributed by atoms with Crippen LogP contribution in [0.4, 0.5) is 0 Å². The van der Waals surface area contributed by atoms with Crippen molar-refractivity contribution in [1.29, 1.82) is 0 Å². The molecule has 0 aromatic heterocycles. The van der Waals surface area contributed by atoms with Crippen LogP contribution in [0.25, 0.3) is 0 Å². The summed E-state index contributed by atoms with van der Waals surface area (Å²) in [5.41, 5.74) is 0.880. The highest BCUT2D eigenvalue weighted by atomic mass is 16.5. The van der Waals surface area contributed by atoms with Gasteiger partial charge in [-0.05, 0) is 20.3 Å². The van der Waals surface area contributed by atoms with Crippen LogP contribution in [0.15, 0.2) is 4.99 Å². The summed E-state index contributed by atoms with van der Waals surface area (Å²) >= 11 is 0. The van der Waals surface area contributed by atoms with Gasteiger partial charge in [-0.2, -0.15) is 0 Å². The molecule has 0 aromatic rings. The van der Waals surface area contributed by atoms with Gasteiger partial charge in [-0.3, -0.25) is 9.79 Å². The van der Waals surface area contributed by atoms with Crippen molar-refractivity contribution >= 4 is 11.7 Å². The number of carbonyl (C=O) groups is 1. The first kappa shape index (κ1) is 14.1. The van der Waals surface area contributed by atoms with Crippen molar-refractivity contribution in [1.82, 2.24) is 0 Å². The minimum Gasteiger partial charge on any atom is -0.466 e. The molecular formula is C12H23NO2. The second-order valence-electron chi connectivity index (χ2n) is 3.66. The standard InChI is InChI=1S/C12H23NO2/c1-4-6-7-8-9-13-11(3)10-12(14)15-5-2/h4-10H2,1-3H3/b13-11-. The van der Waals surface area contributed by atoms with Crippen LogP contribution in [-0.2, 0) is 9.53 Å². The van der Waals surface area contributed by atoms with Crippen molar-refractivity contribution in [3.63, 3.8) is 0 Å². The Balaban J connectivity index is 3.55. The van der Waals surface area contributed by atoms with E-state index >= 15 is 0 Å².